The van der Waals surface area contributed by atoms with Crippen LogP contribution in [0.5, 0.6) is 0 Å². The molecule has 2 rings (SSSR count). The van der Waals surface area contributed by atoms with Gasteiger partial charge >= 0.3 is 0 Å². The van der Waals surface area contributed by atoms with E-state index in [1.807, 2.05) is 10.9 Å². The van der Waals surface area contributed by atoms with E-state index in [4.69, 9.17) is 0 Å². The number of aryl methyl sites for hydroxylation is 1. The Morgan fingerprint density at radius 3 is 3.06 bits per heavy atom. The van der Waals surface area contributed by atoms with Gasteiger partial charge < -0.3 is 5.32 Å². The second kappa shape index (κ2) is 6.17. The summed E-state index contributed by atoms with van der Waals surface area (Å²) in [6, 6.07) is 0.676. The van der Waals surface area contributed by atoms with Crippen LogP contribution in [0.3, 0.4) is 0 Å². The van der Waals surface area contributed by atoms with Crippen molar-refractivity contribution in [3.05, 3.63) is 18.0 Å². The largest absolute Gasteiger partial charge is 0.311 e. The molecule has 0 spiro atoms. The van der Waals surface area contributed by atoms with Crippen LogP contribution in [0.15, 0.2) is 12.4 Å². The van der Waals surface area contributed by atoms with Gasteiger partial charge in [0.2, 0.25) is 0 Å². The average Bonchev–Trinajstić information content (AvgIpc) is 2.78. The molecule has 0 bridgehead atoms. The van der Waals surface area contributed by atoms with Crippen LogP contribution in [0, 0.1) is 0 Å². The number of hydrogen-bond donors (Lipinski definition) is 1. The van der Waals surface area contributed by atoms with Gasteiger partial charge in [-0.1, -0.05) is 13.3 Å². The molecule has 0 aliphatic carbocycles. The van der Waals surface area contributed by atoms with Crippen molar-refractivity contribution in [2.45, 2.75) is 45.8 Å². The predicted molar refractivity (Wildman–Crippen MR) is 69.9 cm³/mol. The quantitative estimate of drug-likeness (QED) is 0.840. The lowest BCUT2D eigenvalue weighted by Crippen LogP contribution is -2.50. The third-order valence-corrected chi connectivity index (χ3v) is 3.39. The molecule has 4 heteroatoms. The minimum Gasteiger partial charge on any atom is -0.311 e. The molecule has 1 aromatic heterocycles. The zero-order valence-electron chi connectivity index (χ0n) is 11.0. The summed E-state index contributed by atoms with van der Waals surface area (Å²) in [7, 11) is 0. The first-order valence-electron chi connectivity index (χ1n) is 6.79. The van der Waals surface area contributed by atoms with Crippen molar-refractivity contribution in [1.29, 1.82) is 0 Å². The molecule has 1 aliphatic rings. The fourth-order valence-electron chi connectivity index (χ4n) is 2.50. The van der Waals surface area contributed by atoms with E-state index in [0.29, 0.717) is 6.04 Å². The predicted octanol–water partition coefficient (Wildman–Crippen LogP) is 1.48. The first-order valence-corrected chi connectivity index (χ1v) is 6.79. The Kier molecular flexibility index (Phi) is 4.57. The summed E-state index contributed by atoms with van der Waals surface area (Å²) in [6.45, 7) is 9.82. The summed E-state index contributed by atoms with van der Waals surface area (Å²) in [4.78, 5) is 2.54. The molecule has 0 aromatic carbocycles. The number of piperazine rings is 1. The number of aromatic nitrogens is 2. The van der Waals surface area contributed by atoms with Gasteiger partial charge in [0.25, 0.3) is 0 Å². The maximum atomic E-state index is 4.33. The molecule has 1 fully saturated rings. The fraction of sp³-hybridized carbons (Fsp3) is 0.769. The lowest BCUT2D eigenvalue weighted by atomic mass is 10.1. The molecule has 1 unspecified atom stereocenters. The number of rotatable bonds is 5. The second-order valence-electron chi connectivity index (χ2n) is 4.88. The Balaban J connectivity index is 1.85. The molecule has 1 saturated heterocycles. The van der Waals surface area contributed by atoms with E-state index in [1.165, 1.54) is 24.9 Å². The van der Waals surface area contributed by atoms with Crippen LogP contribution in [0.25, 0.3) is 0 Å². The van der Waals surface area contributed by atoms with Gasteiger partial charge in [-0.25, -0.2) is 0 Å². The summed E-state index contributed by atoms with van der Waals surface area (Å²) >= 11 is 0. The van der Waals surface area contributed by atoms with Crippen LogP contribution >= 0.6 is 0 Å². The van der Waals surface area contributed by atoms with Gasteiger partial charge in [0, 0.05) is 50.5 Å². The van der Waals surface area contributed by atoms with Crippen LogP contribution < -0.4 is 5.32 Å². The maximum Gasteiger partial charge on any atom is 0.0534 e. The number of hydrogen-bond acceptors (Lipinski definition) is 3. The topological polar surface area (TPSA) is 33.1 Å². The summed E-state index contributed by atoms with van der Waals surface area (Å²) in [5.74, 6) is 0. The van der Waals surface area contributed by atoms with Crippen LogP contribution in [0.1, 0.15) is 32.3 Å². The van der Waals surface area contributed by atoms with Crippen LogP contribution in [-0.2, 0) is 13.1 Å². The highest BCUT2D eigenvalue weighted by Crippen LogP contribution is 2.09. The van der Waals surface area contributed by atoms with Crippen LogP contribution in [0.4, 0.5) is 0 Å². The van der Waals surface area contributed by atoms with Gasteiger partial charge in [0.15, 0.2) is 0 Å². The highest BCUT2D eigenvalue weighted by Gasteiger charge is 2.18. The van der Waals surface area contributed by atoms with Crippen LogP contribution in [0.2, 0.25) is 0 Å². The van der Waals surface area contributed by atoms with Gasteiger partial charge in [0.1, 0.15) is 0 Å². The summed E-state index contributed by atoms with van der Waals surface area (Å²) < 4.78 is 2.00. The molecular weight excluding hydrogens is 212 g/mol. The van der Waals surface area contributed by atoms with Gasteiger partial charge in [-0.05, 0) is 13.3 Å². The Morgan fingerprint density at radius 1 is 1.47 bits per heavy atom. The Morgan fingerprint density at radius 2 is 2.35 bits per heavy atom. The Hall–Kier alpha value is -0.870. The number of nitrogens with one attached hydrogen (secondary N) is 1. The van der Waals surface area contributed by atoms with Gasteiger partial charge in [-0.15, -0.1) is 0 Å². The zero-order valence-corrected chi connectivity index (χ0v) is 11.0. The van der Waals surface area contributed by atoms with Gasteiger partial charge in [-0.3, -0.25) is 9.58 Å². The Labute approximate surface area is 104 Å². The average molecular weight is 236 g/mol. The van der Waals surface area contributed by atoms with Crippen molar-refractivity contribution in [3.8, 4) is 0 Å². The molecule has 4 nitrogen and oxygen atoms in total. The van der Waals surface area contributed by atoms with Crippen molar-refractivity contribution in [1.82, 2.24) is 20.0 Å². The Bertz CT molecular complexity index is 332. The SMILES string of the molecule is CCCC1CN(Cc2cnn(CC)c2)CCN1. The smallest absolute Gasteiger partial charge is 0.0534 e. The molecule has 1 aliphatic heterocycles. The summed E-state index contributed by atoms with van der Waals surface area (Å²) in [5.41, 5.74) is 1.34. The first-order chi connectivity index (χ1) is 8.31. The summed E-state index contributed by atoms with van der Waals surface area (Å²) in [6.07, 6.45) is 6.71. The van der Waals surface area contributed by atoms with E-state index in [1.54, 1.807) is 0 Å². The van der Waals surface area contributed by atoms with E-state index >= 15 is 0 Å². The van der Waals surface area contributed by atoms with E-state index in [9.17, 15) is 0 Å². The molecular formula is C13H24N4. The molecule has 1 atom stereocenters. The standard InChI is InChI=1S/C13H24N4/c1-3-5-13-11-16(7-6-14-13)9-12-8-15-17(4-2)10-12/h8,10,13-14H,3-7,9,11H2,1-2H3. The molecule has 96 valence electrons. The van der Waals surface area contributed by atoms with E-state index < -0.39 is 0 Å². The summed E-state index contributed by atoms with van der Waals surface area (Å²) in [5, 5.41) is 7.92. The van der Waals surface area contributed by atoms with Crippen molar-refractivity contribution in [2.24, 2.45) is 0 Å². The van der Waals surface area contributed by atoms with Crippen molar-refractivity contribution in [3.63, 3.8) is 0 Å². The van der Waals surface area contributed by atoms with E-state index in [2.05, 4.69) is 35.4 Å². The van der Waals surface area contributed by atoms with Crippen molar-refractivity contribution < 1.29 is 0 Å². The van der Waals surface area contributed by atoms with Gasteiger partial charge in [-0.2, -0.15) is 5.10 Å². The van der Waals surface area contributed by atoms with E-state index in [0.717, 1.165) is 26.2 Å². The lowest BCUT2D eigenvalue weighted by molar-refractivity contribution is 0.187. The molecule has 0 radical (unpaired) electrons. The lowest BCUT2D eigenvalue weighted by Gasteiger charge is -2.33. The maximum absolute atomic E-state index is 4.33. The van der Waals surface area contributed by atoms with E-state index in [-0.39, 0.29) is 0 Å². The number of nitrogens with zero attached hydrogens (tertiary/aromatic N) is 3. The fourth-order valence-corrected chi connectivity index (χ4v) is 2.50. The third kappa shape index (κ3) is 3.54. The second-order valence-corrected chi connectivity index (χ2v) is 4.88. The van der Waals surface area contributed by atoms with Crippen LogP contribution in [-0.4, -0.2) is 40.4 Å². The molecule has 17 heavy (non-hydrogen) atoms. The minimum absolute atomic E-state index is 0.676. The van der Waals surface area contributed by atoms with Crippen molar-refractivity contribution >= 4 is 0 Å². The molecule has 1 aromatic rings. The zero-order chi connectivity index (χ0) is 12.1. The minimum atomic E-state index is 0.676. The van der Waals surface area contributed by atoms with Crippen molar-refractivity contribution in [2.75, 3.05) is 19.6 Å². The first kappa shape index (κ1) is 12.6. The highest BCUT2D eigenvalue weighted by molar-refractivity contribution is 5.04. The monoisotopic (exact) mass is 236 g/mol. The third-order valence-electron chi connectivity index (χ3n) is 3.39. The highest BCUT2D eigenvalue weighted by atomic mass is 15.3. The molecule has 0 amide bonds. The molecule has 1 N–H and O–H groups in total. The normalized spacial score (nSPS) is 21.9. The molecule has 0 saturated carbocycles. The van der Waals surface area contributed by atoms with Gasteiger partial charge in [0.05, 0.1) is 6.20 Å². The molecule has 2 heterocycles.